The number of nitrogens with zero attached hydrogens (tertiary/aromatic N) is 1. The predicted octanol–water partition coefficient (Wildman–Crippen LogP) is 1.90. The second-order valence-electron chi connectivity index (χ2n) is 5.65. The first-order chi connectivity index (χ1) is 11.0. The summed E-state index contributed by atoms with van der Waals surface area (Å²) in [6.45, 7) is 1.72. The fourth-order valence-corrected chi connectivity index (χ4v) is 2.51. The molecule has 2 rings (SSSR count). The number of nitrogens with one attached hydrogen (secondary N) is 1. The zero-order chi connectivity index (χ0) is 16.8. The molecule has 2 aromatic rings. The molecule has 2 atom stereocenters. The van der Waals surface area contributed by atoms with Crippen molar-refractivity contribution < 1.29 is 9.59 Å². The Hall–Kier alpha value is -2.87. The summed E-state index contributed by atoms with van der Waals surface area (Å²) in [5.74, 6) is -1.23. The van der Waals surface area contributed by atoms with E-state index < -0.39 is 11.9 Å². The van der Waals surface area contributed by atoms with Crippen LogP contribution in [0.4, 0.5) is 0 Å². The van der Waals surface area contributed by atoms with Crippen molar-refractivity contribution in [2.24, 2.45) is 11.7 Å². The van der Waals surface area contributed by atoms with Gasteiger partial charge in [0.15, 0.2) is 0 Å². The number of benzene rings is 2. The van der Waals surface area contributed by atoms with E-state index >= 15 is 0 Å². The van der Waals surface area contributed by atoms with Crippen LogP contribution < -0.4 is 11.1 Å². The molecule has 5 nitrogen and oxygen atoms in total. The highest BCUT2D eigenvalue weighted by Gasteiger charge is 2.24. The highest BCUT2D eigenvalue weighted by Crippen LogP contribution is 2.16. The van der Waals surface area contributed by atoms with Crippen molar-refractivity contribution in [3.63, 3.8) is 0 Å². The molecule has 0 bridgehead atoms. The van der Waals surface area contributed by atoms with E-state index in [9.17, 15) is 9.59 Å². The van der Waals surface area contributed by atoms with Gasteiger partial charge in [-0.1, -0.05) is 49.4 Å². The van der Waals surface area contributed by atoms with Gasteiger partial charge in [-0.3, -0.25) is 9.59 Å². The standard InChI is InChI=1S/C18H19N3O2/c1-12(8-9-19)17(18(20)23)21-16(22)11-13-6-7-14-4-2-3-5-15(14)10-13/h2-7,10,12,17H,8,11H2,1H3,(H2,20,23)(H,21,22)/t12-,17-/m0/s1. The van der Waals surface area contributed by atoms with Gasteiger partial charge in [-0.25, -0.2) is 0 Å². The number of carbonyl (C=O) groups excluding carboxylic acids is 2. The summed E-state index contributed by atoms with van der Waals surface area (Å²) in [6, 6.07) is 14.9. The molecule has 0 aliphatic rings. The lowest BCUT2D eigenvalue weighted by atomic mass is 9.98. The minimum atomic E-state index is -0.831. The second-order valence-corrected chi connectivity index (χ2v) is 5.65. The highest BCUT2D eigenvalue weighted by atomic mass is 16.2. The minimum absolute atomic E-state index is 0.157. The molecule has 0 spiro atoms. The fourth-order valence-electron chi connectivity index (χ4n) is 2.51. The Morgan fingerprint density at radius 3 is 2.57 bits per heavy atom. The Labute approximate surface area is 135 Å². The molecule has 23 heavy (non-hydrogen) atoms. The van der Waals surface area contributed by atoms with Crippen molar-refractivity contribution in [3.8, 4) is 6.07 Å². The maximum Gasteiger partial charge on any atom is 0.240 e. The summed E-state index contributed by atoms with van der Waals surface area (Å²) >= 11 is 0. The van der Waals surface area contributed by atoms with Crippen molar-refractivity contribution in [2.75, 3.05) is 0 Å². The first-order valence-electron chi connectivity index (χ1n) is 7.44. The van der Waals surface area contributed by atoms with Gasteiger partial charge in [0, 0.05) is 6.42 Å². The molecule has 0 aliphatic carbocycles. The lowest BCUT2D eigenvalue weighted by Gasteiger charge is -2.20. The second kappa shape index (κ2) is 7.41. The van der Waals surface area contributed by atoms with Crippen molar-refractivity contribution in [2.45, 2.75) is 25.8 Å². The molecule has 5 heteroatoms. The number of nitrogens with two attached hydrogens (primary N) is 1. The van der Waals surface area contributed by atoms with Crippen molar-refractivity contribution >= 4 is 22.6 Å². The number of fused-ring (bicyclic) bond motifs is 1. The van der Waals surface area contributed by atoms with E-state index in [0.717, 1.165) is 16.3 Å². The van der Waals surface area contributed by atoms with E-state index in [0.29, 0.717) is 0 Å². The molecule has 0 saturated heterocycles. The summed E-state index contributed by atoms with van der Waals surface area (Å²) in [5.41, 5.74) is 6.18. The minimum Gasteiger partial charge on any atom is -0.368 e. The predicted molar refractivity (Wildman–Crippen MR) is 88.2 cm³/mol. The Morgan fingerprint density at radius 2 is 1.91 bits per heavy atom. The van der Waals surface area contributed by atoms with E-state index in [4.69, 9.17) is 11.0 Å². The molecular formula is C18H19N3O2. The number of hydrogen-bond acceptors (Lipinski definition) is 3. The molecule has 0 saturated carbocycles. The summed E-state index contributed by atoms with van der Waals surface area (Å²) in [6.07, 6.45) is 0.317. The van der Waals surface area contributed by atoms with Crippen LogP contribution >= 0.6 is 0 Å². The molecule has 0 unspecified atom stereocenters. The summed E-state index contributed by atoms with van der Waals surface area (Å²) < 4.78 is 0. The van der Waals surface area contributed by atoms with Crippen molar-refractivity contribution in [1.29, 1.82) is 5.26 Å². The number of carbonyl (C=O) groups is 2. The molecule has 3 N–H and O–H groups in total. The van der Waals surface area contributed by atoms with E-state index in [2.05, 4.69) is 5.32 Å². The van der Waals surface area contributed by atoms with E-state index in [1.54, 1.807) is 6.92 Å². The number of amides is 2. The molecular weight excluding hydrogens is 290 g/mol. The molecule has 2 aromatic carbocycles. The van der Waals surface area contributed by atoms with Crippen LogP contribution in [-0.2, 0) is 16.0 Å². The molecule has 0 radical (unpaired) electrons. The number of nitriles is 1. The van der Waals surface area contributed by atoms with Gasteiger partial charge in [-0.2, -0.15) is 5.26 Å². The maximum atomic E-state index is 12.2. The Morgan fingerprint density at radius 1 is 1.22 bits per heavy atom. The molecule has 0 heterocycles. The normalized spacial score (nSPS) is 13.0. The zero-order valence-corrected chi connectivity index (χ0v) is 13.0. The molecule has 2 amide bonds. The van der Waals surface area contributed by atoms with E-state index in [-0.39, 0.29) is 24.7 Å². The van der Waals surface area contributed by atoms with Crippen LogP contribution in [0.5, 0.6) is 0 Å². The summed E-state index contributed by atoms with van der Waals surface area (Å²) in [7, 11) is 0. The third kappa shape index (κ3) is 4.30. The van der Waals surface area contributed by atoms with Gasteiger partial charge in [-0.15, -0.1) is 0 Å². The third-order valence-electron chi connectivity index (χ3n) is 3.78. The monoisotopic (exact) mass is 309 g/mol. The van der Waals surface area contributed by atoms with Gasteiger partial charge in [0.25, 0.3) is 0 Å². The van der Waals surface area contributed by atoms with E-state index in [1.807, 2.05) is 48.5 Å². The average Bonchev–Trinajstić information content (AvgIpc) is 2.52. The largest absolute Gasteiger partial charge is 0.368 e. The third-order valence-corrected chi connectivity index (χ3v) is 3.78. The number of rotatable bonds is 6. The van der Waals surface area contributed by atoms with Crippen LogP contribution in [0, 0.1) is 17.2 Å². The van der Waals surface area contributed by atoms with Crippen LogP contribution in [0.3, 0.4) is 0 Å². The van der Waals surface area contributed by atoms with Gasteiger partial charge in [0.05, 0.1) is 12.5 Å². The highest BCUT2D eigenvalue weighted by molar-refractivity contribution is 5.89. The molecule has 0 fully saturated rings. The van der Waals surface area contributed by atoms with Gasteiger partial charge in [-0.05, 0) is 22.3 Å². The lowest BCUT2D eigenvalue weighted by Crippen LogP contribution is -2.48. The van der Waals surface area contributed by atoms with E-state index in [1.165, 1.54) is 0 Å². The summed E-state index contributed by atoms with van der Waals surface area (Å²) in [5, 5.41) is 13.5. The maximum absolute atomic E-state index is 12.2. The first-order valence-corrected chi connectivity index (χ1v) is 7.44. The van der Waals surface area contributed by atoms with Crippen LogP contribution in [0.25, 0.3) is 10.8 Å². The number of hydrogen-bond donors (Lipinski definition) is 2. The Kier molecular flexibility index (Phi) is 5.32. The Balaban J connectivity index is 2.07. The van der Waals surface area contributed by atoms with Crippen LogP contribution in [-0.4, -0.2) is 17.9 Å². The van der Waals surface area contributed by atoms with Crippen LogP contribution in [0.15, 0.2) is 42.5 Å². The van der Waals surface area contributed by atoms with Gasteiger partial charge < -0.3 is 11.1 Å². The van der Waals surface area contributed by atoms with Gasteiger partial charge in [0.2, 0.25) is 11.8 Å². The fraction of sp³-hybridized carbons (Fsp3) is 0.278. The zero-order valence-electron chi connectivity index (χ0n) is 13.0. The van der Waals surface area contributed by atoms with Crippen LogP contribution in [0.2, 0.25) is 0 Å². The topological polar surface area (TPSA) is 96.0 Å². The smallest absolute Gasteiger partial charge is 0.240 e. The average molecular weight is 309 g/mol. The van der Waals surface area contributed by atoms with Gasteiger partial charge in [0.1, 0.15) is 6.04 Å². The van der Waals surface area contributed by atoms with Crippen molar-refractivity contribution in [3.05, 3.63) is 48.0 Å². The van der Waals surface area contributed by atoms with Crippen LogP contribution in [0.1, 0.15) is 18.9 Å². The first kappa shape index (κ1) is 16.5. The SMILES string of the molecule is C[C@@H](CC#N)[C@H](NC(=O)Cc1ccc2ccccc2c1)C(N)=O. The molecule has 0 aromatic heterocycles. The Bertz CT molecular complexity index is 764. The molecule has 118 valence electrons. The quantitative estimate of drug-likeness (QED) is 0.853. The number of primary amides is 1. The van der Waals surface area contributed by atoms with Gasteiger partial charge >= 0.3 is 0 Å². The molecule has 0 aliphatic heterocycles. The summed E-state index contributed by atoms with van der Waals surface area (Å²) in [4.78, 5) is 23.6. The van der Waals surface area contributed by atoms with Crippen molar-refractivity contribution in [1.82, 2.24) is 5.32 Å². The lowest BCUT2D eigenvalue weighted by molar-refractivity contribution is -0.128.